The zero-order chi connectivity index (χ0) is 19.7. The van der Waals surface area contributed by atoms with Crippen molar-refractivity contribution in [3.63, 3.8) is 0 Å². The van der Waals surface area contributed by atoms with Gasteiger partial charge in [0.15, 0.2) is 5.78 Å². The molecule has 0 N–H and O–H groups in total. The maximum atomic E-state index is 12.1. The molecule has 1 aromatic rings. The van der Waals surface area contributed by atoms with Gasteiger partial charge in [0, 0.05) is 58.4 Å². The lowest BCUT2D eigenvalue weighted by atomic mass is 9.76. The third-order valence-electron chi connectivity index (χ3n) is 6.64. The minimum absolute atomic E-state index is 0.159. The molecule has 2 atom stereocenters. The van der Waals surface area contributed by atoms with Gasteiger partial charge in [-0.05, 0) is 42.4 Å². The van der Waals surface area contributed by atoms with Gasteiger partial charge < -0.3 is 0 Å². The van der Waals surface area contributed by atoms with Crippen LogP contribution in [0.5, 0.6) is 0 Å². The van der Waals surface area contributed by atoms with Crippen molar-refractivity contribution in [1.29, 1.82) is 5.26 Å². The second-order valence-electron chi connectivity index (χ2n) is 8.18. The van der Waals surface area contributed by atoms with E-state index in [9.17, 15) is 4.79 Å². The number of nitrogens with zero attached hydrogens (tertiary/aromatic N) is 4. The van der Waals surface area contributed by atoms with Crippen LogP contribution in [0.4, 0.5) is 5.69 Å². The highest BCUT2D eigenvalue weighted by molar-refractivity contribution is 6.34. The number of benzene rings is 1. The smallest absolute Gasteiger partial charge is 0.156 e. The van der Waals surface area contributed by atoms with Crippen LogP contribution in [0.1, 0.15) is 49.3 Å². The first-order valence-electron chi connectivity index (χ1n) is 10.1. The highest BCUT2D eigenvalue weighted by Crippen LogP contribution is 2.44. The average Bonchev–Trinajstić information content (AvgIpc) is 3.41. The number of rotatable bonds is 2. The fraction of sp³-hybridized carbons (Fsp3) is 0.292. The van der Waals surface area contributed by atoms with E-state index in [2.05, 4.69) is 30.1 Å². The van der Waals surface area contributed by atoms with Crippen LogP contribution < -0.4 is 10.6 Å². The monoisotopic (exact) mass is 378 g/mol. The van der Waals surface area contributed by atoms with Crippen LogP contribution in [0.25, 0.3) is 17.3 Å². The van der Waals surface area contributed by atoms with Gasteiger partial charge in [0.05, 0.1) is 22.8 Å². The molecular formula is C24H18N4O. The summed E-state index contributed by atoms with van der Waals surface area (Å²) in [5.41, 5.74) is 8.31. The molecule has 1 aromatic carbocycles. The van der Waals surface area contributed by atoms with Crippen LogP contribution in [0, 0.1) is 23.2 Å². The number of nitriles is 1. The van der Waals surface area contributed by atoms with E-state index in [4.69, 9.17) is 15.2 Å². The van der Waals surface area contributed by atoms with Crippen molar-refractivity contribution in [3.8, 4) is 6.07 Å². The molecular weight excluding hydrogens is 360 g/mol. The summed E-state index contributed by atoms with van der Waals surface area (Å²) in [6.07, 6.45) is 12.5. The molecule has 0 saturated heterocycles. The minimum Gasteiger partial charge on any atom is -0.295 e. The maximum absolute atomic E-state index is 12.1. The largest absolute Gasteiger partial charge is 0.295 e. The number of hydrogen-bond donors (Lipinski definition) is 0. The molecule has 140 valence electrons. The highest BCUT2D eigenvalue weighted by Gasteiger charge is 2.36. The summed E-state index contributed by atoms with van der Waals surface area (Å²) in [6.45, 7) is 2.23. The summed E-state index contributed by atoms with van der Waals surface area (Å²) in [5, 5.41) is 11.0. The van der Waals surface area contributed by atoms with E-state index >= 15 is 0 Å². The van der Waals surface area contributed by atoms with Crippen LogP contribution in [0.3, 0.4) is 0 Å². The first-order chi connectivity index (χ1) is 14.2. The second-order valence-corrected chi connectivity index (χ2v) is 8.18. The van der Waals surface area contributed by atoms with Crippen LogP contribution >= 0.6 is 0 Å². The molecule has 2 aliphatic carbocycles. The van der Waals surface area contributed by atoms with E-state index in [0.717, 1.165) is 56.4 Å². The van der Waals surface area contributed by atoms with E-state index in [-0.39, 0.29) is 11.7 Å². The van der Waals surface area contributed by atoms with Crippen molar-refractivity contribution in [2.75, 3.05) is 0 Å². The van der Waals surface area contributed by atoms with Gasteiger partial charge in [0.1, 0.15) is 0 Å². The molecule has 0 spiro atoms. The number of hydrogen-bond acceptors (Lipinski definition) is 5. The Balaban J connectivity index is 1.59. The zero-order valence-corrected chi connectivity index (χ0v) is 16.1. The van der Waals surface area contributed by atoms with Crippen LogP contribution in [0.15, 0.2) is 38.9 Å². The topological polar surface area (TPSA) is 77.9 Å². The van der Waals surface area contributed by atoms with E-state index in [1.54, 1.807) is 6.08 Å². The highest BCUT2D eigenvalue weighted by atomic mass is 16.1. The van der Waals surface area contributed by atoms with Gasteiger partial charge >= 0.3 is 0 Å². The fourth-order valence-electron chi connectivity index (χ4n) is 5.21. The Bertz CT molecular complexity index is 1340. The summed E-state index contributed by atoms with van der Waals surface area (Å²) in [6, 6.07) is 2.27. The molecule has 0 amide bonds. The SMILES string of the molecule is C[C@@H]1C2=C(C=C[C@@H]1CCC#N)N=c1c3c(c4c(c12)C=NC=4)C1=CC(=O)CCC1=N3. The van der Waals surface area contributed by atoms with Crippen molar-refractivity contribution in [3.05, 3.63) is 51.2 Å². The molecule has 0 saturated carbocycles. The lowest BCUT2D eigenvalue weighted by Crippen LogP contribution is -2.25. The third-order valence-corrected chi connectivity index (χ3v) is 6.64. The molecule has 3 aliphatic heterocycles. The van der Waals surface area contributed by atoms with Gasteiger partial charge in [-0.1, -0.05) is 13.0 Å². The molecule has 6 rings (SSSR count). The van der Waals surface area contributed by atoms with Gasteiger partial charge in [0.2, 0.25) is 0 Å². The predicted molar refractivity (Wildman–Crippen MR) is 112 cm³/mol. The number of ketones is 1. The Kier molecular flexibility index (Phi) is 3.31. The Labute approximate surface area is 167 Å². The van der Waals surface area contributed by atoms with Crippen LogP contribution in [0.2, 0.25) is 0 Å². The predicted octanol–water partition coefficient (Wildman–Crippen LogP) is 3.16. The molecule has 0 aromatic heterocycles. The molecule has 29 heavy (non-hydrogen) atoms. The summed E-state index contributed by atoms with van der Waals surface area (Å²) in [7, 11) is 0. The second kappa shape index (κ2) is 5.81. The van der Waals surface area contributed by atoms with E-state index in [1.165, 1.54) is 5.57 Å². The Morgan fingerprint density at radius 3 is 3.00 bits per heavy atom. The molecule has 5 nitrogen and oxygen atoms in total. The van der Waals surface area contributed by atoms with Crippen molar-refractivity contribution in [2.24, 2.45) is 26.8 Å². The molecule has 0 radical (unpaired) electrons. The quantitative estimate of drug-likeness (QED) is 0.792. The standard InChI is InChI=1S/C24H18N4O/c1-12-13(3-2-8-25)4-6-19-20(12)22-17-11-26-10-16(17)21-15-9-14(29)5-7-18(15)27-23(21)24(22)28-19/h4,6,9-13H,2-3,5,7H2,1H3/t12-,13-/m0/s1. The summed E-state index contributed by atoms with van der Waals surface area (Å²) < 4.78 is 0. The number of aliphatic imine (C=N–C) groups is 2. The first kappa shape index (κ1) is 16.6. The summed E-state index contributed by atoms with van der Waals surface area (Å²) in [5.74, 6) is 0.767. The van der Waals surface area contributed by atoms with Crippen molar-refractivity contribution >= 4 is 40.7 Å². The van der Waals surface area contributed by atoms with Crippen molar-refractivity contribution in [2.45, 2.75) is 32.6 Å². The lowest BCUT2D eigenvalue weighted by molar-refractivity contribution is -0.114. The molecule has 0 unspecified atom stereocenters. The molecule has 5 heteroatoms. The van der Waals surface area contributed by atoms with E-state index in [1.807, 2.05) is 12.4 Å². The van der Waals surface area contributed by atoms with Crippen molar-refractivity contribution < 1.29 is 4.79 Å². The maximum Gasteiger partial charge on any atom is 0.156 e. The van der Waals surface area contributed by atoms with Gasteiger partial charge in [-0.2, -0.15) is 5.26 Å². The Morgan fingerprint density at radius 1 is 1.24 bits per heavy atom. The molecule has 5 aliphatic rings. The number of fused-ring (bicyclic) bond motifs is 9. The zero-order valence-electron chi connectivity index (χ0n) is 16.1. The molecule has 0 fully saturated rings. The van der Waals surface area contributed by atoms with Crippen molar-refractivity contribution in [1.82, 2.24) is 0 Å². The number of carbonyl (C=O) groups excluding carboxylic acids is 1. The Hall–Kier alpha value is -3.39. The Morgan fingerprint density at radius 2 is 2.14 bits per heavy atom. The first-order valence-corrected chi connectivity index (χ1v) is 10.1. The minimum atomic E-state index is 0.159. The third kappa shape index (κ3) is 2.14. The molecule has 3 heterocycles. The average molecular weight is 378 g/mol. The number of carbonyl (C=O) groups is 1. The van der Waals surface area contributed by atoms with Gasteiger partial charge in [0.25, 0.3) is 0 Å². The van der Waals surface area contributed by atoms with Crippen LogP contribution in [-0.2, 0) is 4.79 Å². The van der Waals surface area contributed by atoms with Gasteiger partial charge in [-0.15, -0.1) is 0 Å². The van der Waals surface area contributed by atoms with Gasteiger partial charge in [-0.3, -0.25) is 9.79 Å². The lowest BCUT2D eigenvalue weighted by Gasteiger charge is -2.26. The summed E-state index contributed by atoms with van der Waals surface area (Å²) in [4.78, 5) is 26.5. The van der Waals surface area contributed by atoms with Crippen LogP contribution in [-0.4, -0.2) is 17.7 Å². The fourth-order valence-corrected chi connectivity index (χ4v) is 5.21. The van der Waals surface area contributed by atoms with E-state index in [0.29, 0.717) is 25.2 Å². The molecule has 0 bridgehead atoms. The number of allylic oxidation sites excluding steroid dienone is 5. The summed E-state index contributed by atoms with van der Waals surface area (Å²) >= 11 is 0. The van der Waals surface area contributed by atoms with Gasteiger partial charge in [-0.25, -0.2) is 9.98 Å². The van der Waals surface area contributed by atoms with E-state index < -0.39 is 0 Å². The normalized spacial score (nSPS) is 24.6.